The van der Waals surface area contributed by atoms with Gasteiger partial charge in [-0.15, -0.1) is 0 Å². The second-order valence-corrected chi connectivity index (χ2v) is 7.52. The Morgan fingerprint density at radius 3 is 2.62 bits per heavy atom. The maximum absolute atomic E-state index is 12.4. The van der Waals surface area contributed by atoms with E-state index in [-0.39, 0.29) is 42.4 Å². The van der Waals surface area contributed by atoms with Crippen LogP contribution in [0.2, 0.25) is 0 Å². The summed E-state index contributed by atoms with van der Waals surface area (Å²) in [6.45, 7) is 0.589. The molecular formula is C20H24N8O6. The molecular weight excluding hydrogens is 448 g/mol. The van der Waals surface area contributed by atoms with Crippen LogP contribution in [0.1, 0.15) is 23.2 Å². The summed E-state index contributed by atoms with van der Waals surface area (Å²) in [5, 5.41) is 17.7. The summed E-state index contributed by atoms with van der Waals surface area (Å²) in [7, 11) is 0. The number of rotatable bonds is 10. The zero-order valence-electron chi connectivity index (χ0n) is 17.9. The van der Waals surface area contributed by atoms with Gasteiger partial charge in [0, 0.05) is 30.8 Å². The highest BCUT2D eigenvalue weighted by Crippen LogP contribution is 2.25. The molecule has 0 bridgehead atoms. The van der Waals surface area contributed by atoms with Crippen LogP contribution in [0.15, 0.2) is 29.1 Å². The number of hydrogen-bond acceptors (Lipinski definition) is 9. The fourth-order valence-corrected chi connectivity index (χ4v) is 3.41. The summed E-state index contributed by atoms with van der Waals surface area (Å²) in [6.07, 6.45) is 0.254. The molecule has 34 heavy (non-hydrogen) atoms. The van der Waals surface area contributed by atoms with E-state index in [1.165, 1.54) is 17.0 Å². The normalized spacial score (nSPS) is 15.4. The van der Waals surface area contributed by atoms with Gasteiger partial charge in [0.25, 0.3) is 11.5 Å². The molecule has 1 aliphatic rings. The van der Waals surface area contributed by atoms with E-state index in [1.807, 2.05) is 0 Å². The van der Waals surface area contributed by atoms with Gasteiger partial charge >= 0.3 is 5.97 Å². The molecule has 1 unspecified atom stereocenters. The van der Waals surface area contributed by atoms with Gasteiger partial charge in [0.1, 0.15) is 6.04 Å². The number of fused-ring (bicyclic) bond motifs is 1. The Balaban J connectivity index is 1.62. The Hall–Kier alpha value is -4.62. The first kappa shape index (κ1) is 24.0. The number of carboxylic acid groups (broad SMARTS) is 1. The third-order valence-corrected chi connectivity index (χ3v) is 5.16. The van der Waals surface area contributed by atoms with E-state index in [1.54, 1.807) is 12.1 Å². The third kappa shape index (κ3) is 5.59. The Labute approximate surface area is 192 Å². The Bertz CT molecular complexity index is 1150. The largest absolute Gasteiger partial charge is 0.480 e. The van der Waals surface area contributed by atoms with Gasteiger partial charge in [-0.05, 0) is 30.7 Å². The van der Waals surface area contributed by atoms with E-state index < -0.39 is 35.4 Å². The number of hydrogen-bond donors (Lipinski definition) is 7. The highest BCUT2D eigenvalue weighted by atomic mass is 16.4. The number of nitrogens with one attached hydrogen (secondary N) is 4. The lowest BCUT2D eigenvalue weighted by Crippen LogP contribution is -2.50. The first-order chi connectivity index (χ1) is 16.2. The van der Waals surface area contributed by atoms with E-state index in [0.717, 1.165) is 0 Å². The molecule has 3 amide bonds. The summed E-state index contributed by atoms with van der Waals surface area (Å²) in [5.41, 5.74) is 10.9. The van der Waals surface area contributed by atoms with Crippen LogP contribution in [0.4, 0.5) is 23.1 Å². The quantitative estimate of drug-likeness (QED) is 0.202. The molecule has 1 aromatic heterocycles. The monoisotopic (exact) mass is 472 g/mol. The highest BCUT2D eigenvalue weighted by Gasteiger charge is 2.29. The van der Waals surface area contributed by atoms with E-state index >= 15 is 0 Å². The number of carbonyl (C=O) groups excluding carboxylic acids is 3. The SMILES string of the molecule is NC(=O)CC[C@H](NC(=O)c1ccc(NCC2CNc3nc(N)[nH]c(=O)c3N2C=O)cc1)C(=O)O. The minimum absolute atomic E-state index is 0.0645. The van der Waals surface area contributed by atoms with Crippen molar-refractivity contribution in [2.75, 3.05) is 34.4 Å². The third-order valence-electron chi connectivity index (χ3n) is 5.16. The summed E-state index contributed by atoms with van der Waals surface area (Å²) >= 11 is 0. The van der Waals surface area contributed by atoms with Crippen molar-refractivity contribution >= 4 is 47.3 Å². The first-order valence-corrected chi connectivity index (χ1v) is 10.2. The van der Waals surface area contributed by atoms with Crippen molar-refractivity contribution < 1.29 is 24.3 Å². The van der Waals surface area contributed by atoms with E-state index in [4.69, 9.17) is 11.5 Å². The van der Waals surface area contributed by atoms with Crippen molar-refractivity contribution in [3.8, 4) is 0 Å². The second kappa shape index (κ2) is 10.3. The van der Waals surface area contributed by atoms with Crippen LogP contribution in [0.25, 0.3) is 0 Å². The van der Waals surface area contributed by atoms with Crippen LogP contribution in [0.5, 0.6) is 0 Å². The van der Waals surface area contributed by atoms with Gasteiger partial charge in [-0.25, -0.2) is 4.79 Å². The Morgan fingerprint density at radius 1 is 1.29 bits per heavy atom. The van der Waals surface area contributed by atoms with Gasteiger partial charge in [0.05, 0.1) is 6.04 Å². The summed E-state index contributed by atoms with van der Waals surface area (Å²) in [5.74, 6) is -2.40. The van der Waals surface area contributed by atoms with Gasteiger partial charge in [-0.3, -0.25) is 24.2 Å². The number of amides is 3. The molecule has 0 radical (unpaired) electrons. The maximum atomic E-state index is 12.4. The van der Waals surface area contributed by atoms with Gasteiger partial charge < -0.3 is 37.4 Å². The number of anilines is 4. The number of nitrogens with zero attached hydrogens (tertiary/aromatic N) is 2. The lowest BCUT2D eigenvalue weighted by molar-refractivity contribution is -0.139. The lowest BCUT2D eigenvalue weighted by atomic mass is 10.1. The number of nitrogens with two attached hydrogens (primary N) is 2. The summed E-state index contributed by atoms with van der Waals surface area (Å²) in [6, 6.07) is 4.54. The van der Waals surface area contributed by atoms with Crippen LogP contribution >= 0.6 is 0 Å². The minimum Gasteiger partial charge on any atom is -0.480 e. The number of aromatic amines is 1. The van der Waals surface area contributed by atoms with Gasteiger partial charge in [-0.1, -0.05) is 0 Å². The molecule has 180 valence electrons. The van der Waals surface area contributed by atoms with Crippen molar-refractivity contribution in [2.45, 2.75) is 24.9 Å². The lowest BCUT2D eigenvalue weighted by Gasteiger charge is -2.34. The van der Waals surface area contributed by atoms with E-state index in [0.29, 0.717) is 18.6 Å². The molecule has 0 aliphatic carbocycles. The molecule has 14 heteroatoms. The van der Waals surface area contributed by atoms with Crippen LogP contribution in [0, 0.1) is 0 Å². The number of carbonyl (C=O) groups is 4. The van der Waals surface area contributed by atoms with E-state index in [9.17, 15) is 29.1 Å². The molecule has 0 fully saturated rings. The van der Waals surface area contributed by atoms with Crippen molar-refractivity contribution in [3.63, 3.8) is 0 Å². The predicted octanol–water partition coefficient (Wildman–Crippen LogP) is -1.33. The molecule has 3 rings (SSSR count). The molecule has 2 aromatic rings. The number of carboxylic acids is 1. The molecule has 0 saturated carbocycles. The second-order valence-electron chi connectivity index (χ2n) is 7.52. The average Bonchev–Trinajstić information content (AvgIpc) is 2.79. The minimum atomic E-state index is -1.27. The predicted molar refractivity (Wildman–Crippen MR) is 122 cm³/mol. The number of aliphatic carboxylic acids is 1. The van der Waals surface area contributed by atoms with Gasteiger partial charge in [0.2, 0.25) is 18.3 Å². The number of aromatic nitrogens is 2. The molecule has 2 heterocycles. The zero-order valence-corrected chi connectivity index (χ0v) is 17.9. The Morgan fingerprint density at radius 2 is 2.00 bits per heavy atom. The molecule has 9 N–H and O–H groups in total. The molecule has 0 spiro atoms. The smallest absolute Gasteiger partial charge is 0.326 e. The fourth-order valence-electron chi connectivity index (χ4n) is 3.41. The maximum Gasteiger partial charge on any atom is 0.326 e. The molecule has 0 saturated heterocycles. The van der Waals surface area contributed by atoms with Crippen molar-refractivity contribution in [1.29, 1.82) is 0 Å². The fraction of sp³-hybridized carbons (Fsp3) is 0.300. The number of benzene rings is 1. The first-order valence-electron chi connectivity index (χ1n) is 10.2. The topological polar surface area (TPSA) is 226 Å². The highest BCUT2D eigenvalue weighted by molar-refractivity contribution is 5.97. The van der Waals surface area contributed by atoms with Crippen molar-refractivity contribution in [1.82, 2.24) is 15.3 Å². The van der Waals surface area contributed by atoms with Crippen LogP contribution < -0.4 is 37.9 Å². The van der Waals surface area contributed by atoms with Gasteiger partial charge in [0.15, 0.2) is 11.5 Å². The van der Waals surface area contributed by atoms with Crippen molar-refractivity contribution in [2.24, 2.45) is 5.73 Å². The average molecular weight is 472 g/mol. The summed E-state index contributed by atoms with van der Waals surface area (Å²) < 4.78 is 0. The molecule has 1 aromatic carbocycles. The number of H-pyrrole nitrogens is 1. The summed E-state index contributed by atoms with van der Waals surface area (Å²) in [4.78, 5) is 66.1. The van der Waals surface area contributed by atoms with Crippen LogP contribution in [-0.4, -0.2) is 64.4 Å². The van der Waals surface area contributed by atoms with Crippen LogP contribution in [-0.2, 0) is 14.4 Å². The number of primary amides is 1. The molecule has 2 atom stereocenters. The van der Waals surface area contributed by atoms with Crippen molar-refractivity contribution in [3.05, 3.63) is 40.2 Å². The molecule has 1 aliphatic heterocycles. The zero-order chi connectivity index (χ0) is 24.8. The van der Waals surface area contributed by atoms with Crippen LogP contribution in [0.3, 0.4) is 0 Å². The Kier molecular flexibility index (Phi) is 7.30. The number of nitrogen functional groups attached to an aromatic ring is 1. The van der Waals surface area contributed by atoms with E-state index in [2.05, 4.69) is 25.9 Å². The molecule has 14 nitrogen and oxygen atoms in total. The van der Waals surface area contributed by atoms with Gasteiger partial charge in [-0.2, -0.15) is 4.98 Å². The standard InChI is InChI=1S/C20H24N8O6/c21-14(30)6-5-13(19(33)34)25-17(31)10-1-3-11(4-2-10)23-7-12-8-24-16-15(28(12)9-29)18(32)27-20(22)26-16/h1-4,9,12-13,23H,5-8H2,(H2,21,30)(H,25,31)(H,33,34)(H4,22,24,26,27,32)/t12?,13-/m0/s1.